The Morgan fingerprint density at radius 3 is 2.44 bits per heavy atom. The number of benzene rings is 1. The number of hydrogen-bond acceptors (Lipinski definition) is 3. The standard InChI is InChI=1S/C11H15N3O2/c1-8(15)13-10(11(16)14-12)7-9-5-3-2-4-6-9/h2-6,10H,7,12H2,1H3,(H,13,15)(H,14,16). The molecule has 0 aliphatic carbocycles. The van der Waals surface area contributed by atoms with Crippen LogP contribution in [0.5, 0.6) is 0 Å². The second-order valence-electron chi connectivity index (χ2n) is 3.45. The largest absolute Gasteiger partial charge is 0.344 e. The van der Waals surface area contributed by atoms with E-state index in [4.69, 9.17) is 5.84 Å². The normalized spacial score (nSPS) is 11.6. The summed E-state index contributed by atoms with van der Waals surface area (Å²) in [6.07, 6.45) is 0.420. The van der Waals surface area contributed by atoms with Gasteiger partial charge in [-0.2, -0.15) is 0 Å². The van der Waals surface area contributed by atoms with Crippen LogP contribution in [0, 0.1) is 0 Å². The van der Waals surface area contributed by atoms with E-state index in [1.807, 2.05) is 35.8 Å². The third kappa shape index (κ3) is 3.70. The third-order valence-electron chi connectivity index (χ3n) is 2.12. The number of hydrazine groups is 1. The molecule has 1 unspecified atom stereocenters. The van der Waals surface area contributed by atoms with E-state index >= 15 is 0 Å². The highest BCUT2D eigenvalue weighted by molar-refractivity contribution is 5.86. The smallest absolute Gasteiger partial charge is 0.256 e. The zero-order chi connectivity index (χ0) is 12.0. The molecule has 1 aromatic rings. The van der Waals surface area contributed by atoms with Crippen molar-refractivity contribution in [1.82, 2.24) is 10.7 Å². The van der Waals surface area contributed by atoms with E-state index in [2.05, 4.69) is 5.32 Å². The molecule has 0 spiro atoms. The van der Waals surface area contributed by atoms with Gasteiger partial charge in [0, 0.05) is 13.3 Å². The molecule has 5 heteroatoms. The Morgan fingerprint density at radius 2 is 1.94 bits per heavy atom. The monoisotopic (exact) mass is 221 g/mol. The van der Waals surface area contributed by atoms with Crippen LogP contribution in [0.15, 0.2) is 30.3 Å². The Kier molecular flexibility index (Phi) is 4.47. The van der Waals surface area contributed by atoms with E-state index in [0.717, 1.165) is 5.56 Å². The maximum atomic E-state index is 11.4. The highest BCUT2D eigenvalue weighted by Gasteiger charge is 2.18. The van der Waals surface area contributed by atoms with E-state index in [1.54, 1.807) is 0 Å². The maximum absolute atomic E-state index is 11.4. The number of nitrogens with one attached hydrogen (secondary N) is 2. The molecule has 16 heavy (non-hydrogen) atoms. The van der Waals surface area contributed by atoms with Gasteiger partial charge in [0.1, 0.15) is 6.04 Å². The molecule has 4 N–H and O–H groups in total. The summed E-state index contributed by atoms with van der Waals surface area (Å²) in [5.41, 5.74) is 3.00. The molecule has 0 fully saturated rings. The predicted octanol–water partition coefficient (Wildman–Crippen LogP) is -0.276. The molecule has 5 nitrogen and oxygen atoms in total. The lowest BCUT2D eigenvalue weighted by molar-refractivity contribution is -0.128. The van der Waals surface area contributed by atoms with Gasteiger partial charge in [0.15, 0.2) is 0 Å². The Labute approximate surface area is 94.0 Å². The number of carbonyl (C=O) groups is 2. The summed E-state index contributed by atoms with van der Waals surface area (Å²) >= 11 is 0. The molecule has 1 aromatic carbocycles. The van der Waals surface area contributed by atoms with E-state index in [1.165, 1.54) is 6.92 Å². The van der Waals surface area contributed by atoms with Gasteiger partial charge in [0.2, 0.25) is 5.91 Å². The van der Waals surface area contributed by atoms with Crippen LogP contribution in [0.2, 0.25) is 0 Å². The van der Waals surface area contributed by atoms with Crippen molar-refractivity contribution in [3.63, 3.8) is 0 Å². The number of rotatable bonds is 4. The van der Waals surface area contributed by atoms with Gasteiger partial charge in [0.05, 0.1) is 0 Å². The molecule has 0 aromatic heterocycles. The first-order valence-electron chi connectivity index (χ1n) is 4.95. The SMILES string of the molecule is CC(=O)NC(Cc1ccccc1)C(=O)NN. The Bertz CT molecular complexity index is 365. The molecule has 1 atom stereocenters. The molecule has 0 saturated heterocycles. The minimum Gasteiger partial charge on any atom is -0.344 e. The highest BCUT2D eigenvalue weighted by atomic mass is 16.2. The Balaban J connectivity index is 2.70. The lowest BCUT2D eigenvalue weighted by Crippen LogP contribution is -2.49. The molecule has 0 saturated carbocycles. The van der Waals surface area contributed by atoms with Crippen LogP contribution in [0.1, 0.15) is 12.5 Å². The van der Waals surface area contributed by atoms with Gasteiger partial charge in [-0.1, -0.05) is 30.3 Å². The van der Waals surface area contributed by atoms with Crippen molar-refractivity contribution in [3.8, 4) is 0 Å². The molecule has 1 rings (SSSR count). The minimum atomic E-state index is -0.634. The minimum absolute atomic E-state index is 0.260. The Hall–Kier alpha value is -1.88. The van der Waals surface area contributed by atoms with Gasteiger partial charge < -0.3 is 5.32 Å². The fraction of sp³-hybridized carbons (Fsp3) is 0.273. The van der Waals surface area contributed by atoms with Crippen LogP contribution >= 0.6 is 0 Å². The van der Waals surface area contributed by atoms with Gasteiger partial charge >= 0.3 is 0 Å². The van der Waals surface area contributed by atoms with Crippen molar-refractivity contribution in [1.29, 1.82) is 0 Å². The predicted molar refractivity (Wildman–Crippen MR) is 60.1 cm³/mol. The van der Waals surface area contributed by atoms with Crippen molar-refractivity contribution in [3.05, 3.63) is 35.9 Å². The number of hydrogen-bond donors (Lipinski definition) is 3. The van der Waals surface area contributed by atoms with Gasteiger partial charge in [-0.25, -0.2) is 5.84 Å². The fourth-order valence-electron chi connectivity index (χ4n) is 1.41. The second-order valence-corrected chi connectivity index (χ2v) is 3.45. The molecular weight excluding hydrogens is 206 g/mol. The van der Waals surface area contributed by atoms with Crippen LogP contribution in [0.3, 0.4) is 0 Å². The van der Waals surface area contributed by atoms with Gasteiger partial charge in [-0.15, -0.1) is 0 Å². The van der Waals surface area contributed by atoms with Gasteiger partial charge in [-0.05, 0) is 5.56 Å². The average molecular weight is 221 g/mol. The molecule has 0 bridgehead atoms. The van der Waals surface area contributed by atoms with Gasteiger partial charge in [0.25, 0.3) is 5.91 Å². The molecule has 0 aliphatic rings. The van der Waals surface area contributed by atoms with Gasteiger partial charge in [-0.3, -0.25) is 15.0 Å². The first-order valence-corrected chi connectivity index (χ1v) is 4.95. The maximum Gasteiger partial charge on any atom is 0.256 e. The van der Waals surface area contributed by atoms with E-state index in [9.17, 15) is 9.59 Å². The molecule has 86 valence electrons. The molecule has 0 radical (unpaired) electrons. The first kappa shape index (κ1) is 12.2. The van der Waals surface area contributed by atoms with Crippen LogP contribution in [-0.4, -0.2) is 17.9 Å². The van der Waals surface area contributed by atoms with Crippen molar-refractivity contribution in [2.24, 2.45) is 5.84 Å². The second kappa shape index (κ2) is 5.87. The average Bonchev–Trinajstić information content (AvgIpc) is 2.28. The number of amides is 2. The number of nitrogens with two attached hydrogens (primary N) is 1. The summed E-state index contributed by atoms with van der Waals surface area (Å²) in [6.45, 7) is 1.36. The quantitative estimate of drug-likeness (QED) is 0.371. The lowest BCUT2D eigenvalue weighted by atomic mass is 10.1. The summed E-state index contributed by atoms with van der Waals surface area (Å²) in [6, 6.07) is 8.78. The van der Waals surface area contributed by atoms with E-state index in [0.29, 0.717) is 6.42 Å². The number of carbonyl (C=O) groups excluding carboxylic acids is 2. The summed E-state index contributed by atoms with van der Waals surface area (Å²) in [5, 5.41) is 2.55. The van der Waals surface area contributed by atoms with Crippen molar-refractivity contribution in [2.45, 2.75) is 19.4 Å². The van der Waals surface area contributed by atoms with Crippen molar-refractivity contribution >= 4 is 11.8 Å². The zero-order valence-corrected chi connectivity index (χ0v) is 9.07. The fourth-order valence-corrected chi connectivity index (χ4v) is 1.41. The van der Waals surface area contributed by atoms with E-state index in [-0.39, 0.29) is 5.91 Å². The van der Waals surface area contributed by atoms with Crippen LogP contribution in [0.25, 0.3) is 0 Å². The summed E-state index contributed by atoms with van der Waals surface area (Å²) < 4.78 is 0. The summed E-state index contributed by atoms with van der Waals surface area (Å²) in [7, 11) is 0. The molecule has 2 amide bonds. The summed E-state index contributed by atoms with van der Waals surface area (Å²) in [4.78, 5) is 22.3. The topological polar surface area (TPSA) is 84.2 Å². The highest BCUT2D eigenvalue weighted by Crippen LogP contribution is 2.03. The van der Waals surface area contributed by atoms with Crippen molar-refractivity contribution in [2.75, 3.05) is 0 Å². The van der Waals surface area contributed by atoms with Crippen LogP contribution in [-0.2, 0) is 16.0 Å². The molecule has 0 aliphatic heterocycles. The van der Waals surface area contributed by atoms with E-state index < -0.39 is 11.9 Å². The van der Waals surface area contributed by atoms with Crippen LogP contribution in [0.4, 0.5) is 0 Å². The molecule has 0 heterocycles. The summed E-state index contributed by atoms with van der Waals surface area (Å²) in [5.74, 6) is 4.39. The molecular formula is C11H15N3O2. The third-order valence-corrected chi connectivity index (χ3v) is 2.12. The van der Waals surface area contributed by atoms with Crippen molar-refractivity contribution < 1.29 is 9.59 Å². The lowest BCUT2D eigenvalue weighted by Gasteiger charge is -2.15. The first-order chi connectivity index (χ1) is 7.63. The van der Waals surface area contributed by atoms with Crippen LogP contribution < -0.4 is 16.6 Å². The zero-order valence-electron chi connectivity index (χ0n) is 9.07. The Morgan fingerprint density at radius 1 is 1.31 bits per heavy atom.